The predicted molar refractivity (Wildman–Crippen MR) is 177 cm³/mol. The number of hydrogen-bond donors (Lipinski definition) is 3. The number of carbonyl (C=O) groups is 1. The zero-order valence-electron chi connectivity index (χ0n) is 24.6. The fourth-order valence-electron chi connectivity index (χ4n) is 5.26. The summed E-state index contributed by atoms with van der Waals surface area (Å²) in [5.41, 5.74) is 8.77. The van der Waals surface area contributed by atoms with Crippen molar-refractivity contribution in [1.29, 1.82) is 0 Å². The molecular weight excluding hydrogens is 618 g/mol. The van der Waals surface area contributed by atoms with Gasteiger partial charge in [-0.1, -0.05) is 88.7 Å². The van der Waals surface area contributed by atoms with Crippen LogP contribution in [-0.4, -0.2) is 42.2 Å². The maximum atomic E-state index is 14.2. The summed E-state index contributed by atoms with van der Waals surface area (Å²) in [5.74, 6) is 0.836. The van der Waals surface area contributed by atoms with E-state index in [0.29, 0.717) is 37.6 Å². The fourth-order valence-corrected chi connectivity index (χ4v) is 5.53. The van der Waals surface area contributed by atoms with Crippen LogP contribution in [0.3, 0.4) is 0 Å². The number of aliphatic hydroxyl groups excluding tert-OH is 1. The minimum atomic E-state index is -1.27. The first-order chi connectivity index (χ1) is 21.6. The molecule has 4 aromatic carbocycles. The summed E-state index contributed by atoms with van der Waals surface area (Å²) in [6, 6.07) is 35.6. The number of unbranched alkanes of at least 4 members (excludes halogenated alkanes) is 1. The number of hydrazine groups is 1. The molecule has 0 fully saturated rings. The Morgan fingerprint density at radius 1 is 0.864 bits per heavy atom. The van der Waals surface area contributed by atoms with Crippen LogP contribution >= 0.6 is 15.9 Å². The molecule has 0 saturated carbocycles. The molecule has 3 N–H and O–H groups in total. The first-order valence-electron chi connectivity index (χ1n) is 15.0. The Kier molecular flexibility index (Phi) is 11.2. The Morgan fingerprint density at radius 2 is 1.57 bits per heavy atom. The van der Waals surface area contributed by atoms with Gasteiger partial charge in [0.05, 0.1) is 6.61 Å². The van der Waals surface area contributed by atoms with Crippen molar-refractivity contribution >= 4 is 27.7 Å². The number of amides is 1. The van der Waals surface area contributed by atoms with E-state index >= 15 is 0 Å². The van der Waals surface area contributed by atoms with Crippen LogP contribution in [0.4, 0.5) is 0 Å². The van der Waals surface area contributed by atoms with Crippen molar-refractivity contribution in [3.05, 3.63) is 136 Å². The Hall–Kier alpha value is -3.98. The van der Waals surface area contributed by atoms with Gasteiger partial charge in [-0.15, -0.1) is 0 Å². The van der Waals surface area contributed by atoms with Gasteiger partial charge < -0.3 is 14.6 Å². The summed E-state index contributed by atoms with van der Waals surface area (Å²) in [6.45, 7) is 1.14. The van der Waals surface area contributed by atoms with E-state index in [9.17, 15) is 4.79 Å². The maximum absolute atomic E-state index is 14.2. The molecule has 0 aromatic heterocycles. The van der Waals surface area contributed by atoms with Crippen LogP contribution < -0.4 is 15.6 Å². The van der Waals surface area contributed by atoms with Crippen LogP contribution in [0.2, 0.25) is 0 Å². The highest BCUT2D eigenvalue weighted by Gasteiger charge is 2.53. The van der Waals surface area contributed by atoms with Gasteiger partial charge in [0.25, 0.3) is 5.91 Å². The van der Waals surface area contributed by atoms with Gasteiger partial charge in [0, 0.05) is 36.0 Å². The third-order valence-corrected chi connectivity index (χ3v) is 8.11. The second-order valence-corrected chi connectivity index (χ2v) is 11.7. The molecule has 8 heteroatoms. The second kappa shape index (κ2) is 15.7. The molecule has 7 nitrogen and oxygen atoms in total. The van der Waals surface area contributed by atoms with Crippen LogP contribution in [0.1, 0.15) is 47.6 Å². The topological polar surface area (TPSA) is 92.2 Å². The zero-order chi connectivity index (χ0) is 30.6. The quantitative estimate of drug-likeness (QED) is 0.102. The molecule has 0 saturated heterocycles. The average molecular weight is 657 g/mol. The molecule has 1 aliphatic rings. The Balaban J connectivity index is 1.39. The van der Waals surface area contributed by atoms with Crippen LogP contribution in [-0.2, 0) is 22.4 Å². The average Bonchev–Trinajstić information content (AvgIpc) is 3.45. The van der Waals surface area contributed by atoms with Crippen molar-refractivity contribution in [3.63, 3.8) is 0 Å². The van der Waals surface area contributed by atoms with Gasteiger partial charge in [0.1, 0.15) is 5.75 Å². The molecule has 1 aliphatic heterocycles. The van der Waals surface area contributed by atoms with E-state index in [1.165, 1.54) is 5.56 Å². The van der Waals surface area contributed by atoms with Crippen LogP contribution in [0.25, 0.3) is 0 Å². The molecule has 2 atom stereocenters. The van der Waals surface area contributed by atoms with Gasteiger partial charge in [-0.3, -0.25) is 10.2 Å². The van der Waals surface area contributed by atoms with Crippen molar-refractivity contribution in [2.45, 2.75) is 43.7 Å². The van der Waals surface area contributed by atoms with Gasteiger partial charge in [-0.05, 0) is 72.4 Å². The highest BCUT2D eigenvalue weighted by Crippen LogP contribution is 2.42. The van der Waals surface area contributed by atoms with E-state index in [1.807, 2.05) is 84.9 Å². The molecule has 1 amide bonds. The van der Waals surface area contributed by atoms with Gasteiger partial charge in [0.15, 0.2) is 11.6 Å². The normalized spacial score (nSPS) is 17.5. The van der Waals surface area contributed by atoms with E-state index in [-0.39, 0.29) is 12.5 Å². The summed E-state index contributed by atoms with van der Waals surface area (Å²) in [6.07, 6.45) is 3.16. The van der Waals surface area contributed by atoms with Crippen molar-refractivity contribution in [1.82, 2.24) is 10.9 Å². The molecule has 0 radical (unpaired) electrons. The molecule has 4 aromatic rings. The first-order valence-corrected chi connectivity index (χ1v) is 15.8. The van der Waals surface area contributed by atoms with Crippen LogP contribution in [0.5, 0.6) is 5.75 Å². The highest BCUT2D eigenvalue weighted by atomic mass is 79.9. The SMILES string of the molecule is O=C(NNCCCCc1ccccc1)[C@@]1(Cc2ccc(Br)cc2)N=C(c2ccc(OCCCO)cc2)O[C@H]1c1ccccc1. The summed E-state index contributed by atoms with van der Waals surface area (Å²) in [4.78, 5) is 19.3. The molecule has 5 rings (SSSR count). The Labute approximate surface area is 267 Å². The molecular formula is C36H38BrN3O4. The lowest BCUT2D eigenvalue weighted by molar-refractivity contribution is -0.130. The number of halogens is 1. The van der Waals surface area contributed by atoms with Crippen LogP contribution in [0.15, 0.2) is 119 Å². The van der Waals surface area contributed by atoms with E-state index in [0.717, 1.165) is 40.4 Å². The monoisotopic (exact) mass is 655 g/mol. The third-order valence-electron chi connectivity index (χ3n) is 7.58. The van der Waals surface area contributed by atoms with E-state index in [2.05, 4.69) is 51.0 Å². The highest BCUT2D eigenvalue weighted by molar-refractivity contribution is 9.10. The number of carbonyl (C=O) groups excluding carboxylic acids is 1. The van der Waals surface area contributed by atoms with Gasteiger partial charge in [-0.2, -0.15) is 0 Å². The third kappa shape index (κ3) is 8.14. The van der Waals surface area contributed by atoms with Gasteiger partial charge in [0.2, 0.25) is 5.90 Å². The van der Waals surface area contributed by atoms with E-state index in [4.69, 9.17) is 19.6 Å². The summed E-state index contributed by atoms with van der Waals surface area (Å²) < 4.78 is 13.2. The second-order valence-electron chi connectivity index (χ2n) is 10.8. The maximum Gasteiger partial charge on any atom is 0.266 e. The van der Waals surface area contributed by atoms with E-state index in [1.54, 1.807) is 0 Å². The fraction of sp³-hybridized carbons (Fsp3) is 0.278. The first kappa shape index (κ1) is 31.4. The lowest BCUT2D eigenvalue weighted by Crippen LogP contribution is -2.54. The number of benzene rings is 4. The Morgan fingerprint density at radius 3 is 2.27 bits per heavy atom. The minimum Gasteiger partial charge on any atom is -0.494 e. The lowest BCUT2D eigenvalue weighted by atomic mass is 9.82. The number of nitrogens with one attached hydrogen (secondary N) is 2. The van der Waals surface area contributed by atoms with Gasteiger partial charge >= 0.3 is 0 Å². The van der Waals surface area contributed by atoms with Gasteiger partial charge in [-0.25, -0.2) is 10.4 Å². The molecule has 0 aliphatic carbocycles. The van der Waals surface area contributed by atoms with E-state index < -0.39 is 11.6 Å². The number of aliphatic imine (C=N–C) groups is 1. The number of hydrogen-bond acceptors (Lipinski definition) is 6. The standard InChI is InChI=1S/C36H38BrN3O4/c37-31-19-15-28(16-20-31)26-36(35(42)40-38-23-8-7-12-27-10-3-1-4-11-27)33(29-13-5-2-6-14-29)44-34(39-36)30-17-21-32(22-18-30)43-25-9-24-41/h1-6,10-11,13-22,33,38,41H,7-9,12,23-26H2,(H,40,42)/t33-,36-/m0/s1. The van der Waals surface area contributed by atoms with Crippen molar-refractivity contribution < 1.29 is 19.4 Å². The molecule has 0 bridgehead atoms. The van der Waals surface area contributed by atoms with Crippen molar-refractivity contribution in [3.8, 4) is 5.75 Å². The molecule has 0 unspecified atom stereocenters. The molecule has 0 spiro atoms. The zero-order valence-corrected chi connectivity index (χ0v) is 26.2. The predicted octanol–water partition coefficient (Wildman–Crippen LogP) is 6.35. The molecule has 228 valence electrons. The lowest BCUT2D eigenvalue weighted by Gasteiger charge is -2.31. The van der Waals surface area contributed by atoms with Crippen molar-refractivity contribution in [2.24, 2.45) is 4.99 Å². The summed E-state index contributed by atoms with van der Waals surface area (Å²) in [7, 11) is 0. The van der Waals surface area contributed by atoms with Crippen LogP contribution in [0, 0.1) is 0 Å². The number of ether oxygens (including phenoxy) is 2. The Bertz CT molecular complexity index is 1500. The summed E-state index contributed by atoms with van der Waals surface area (Å²) in [5, 5.41) is 9.05. The molecule has 1 heterocycles. The number of aryl methyl sites for hydroxylation is 1. The number of rotatable bonds is 15. The minimum absolute atomic E-state index is 0.0780. The summed E-state index contributed by atoms with van der Waals surface area (Å²) >= 11 is 3.52. The molecule has 44 heavy (non-hydrogen) atoms. The van der Waals surface area contributed by atoms with Crippen molar-refractivity contribution in [2.75, 3.05) is 19.8 Å². The smallest absolute Gasteiger partial charge is 0.266 e. The number of aliphatic hydroxyl groups is 1. The largest absolute Gasteiger partial charge is 0.494 e. The number of nitrogens with zero attached hydrogens (tertiary/aromatic N) is 1.